The van der Waals surface area contributed by atoms with Gasteiger partial charge in [0.15, 0.2) is 0 Å². The third-order valence-corrected chi connectivity index (χ3v) is 8.97. The lowest BCUT2D eigenvalue weighted by Crippen LogP contribution is -2.57. The van der Waals surface area contributed by atoms with Crippen LogP contribution in [0.2, 0.25) is 0 Å². The Balaban J connectivity index is 1.90. The van der Waals surface area contributed by atoms with Gasteiger partial charge in [-0.15, -0.1) is 0 Å². The minimum atomic E-state index is -3.98. The number of anilines is 1. The van der Waals surface area contributed by atoms with Crippen molar-refractivity contribution in [2.45, 2.75) is 44.6 Å². The van der Waals surface area contributed by atoms with Crippen molar-refractivity contribution < 1.29 is 23.1 Å². The van der Waals surface area contributed by atoms with Crippen molar-refractivity contribution in [3.63, 3.8) is 0 Å². The molecule has 0 bridgehead atoms. The van der Waals surface area contributed by atoms with Crippen molar-refractivity contribution >= 4 is 21.8 Å². The number of nitrogens with zero attached hydrogens (tertiary/aromatic N) is 2. The average molecular weight is 537 g/mol. The van der Waals surface area contributed by atoms with Gasteiger partial charge in [-0.2, -0.15) is 0 Å². The van der Waals surface area contributed by atoms with Crippen LogP contribution in [0.5, 0.6) is 5.75 Å². The number of piperidine rings is 1. The summed E-state index contributed by atoms with van der Waals surface area (Å²) >= 11 is 0. The maximum atomic E-state index is 14.3. The smallest absolute Gasteiger partial charge is 0.407 e. The summed E-state index contributed by atoms with van der Waals surface area (Å²) in [6, 6.07) is 23.1. The lowest BCUT2D eigenvalue weighted by atomic mass is 9.74. The van der Waals surface area contributed by atoms with Gasteiger partial charge in [0.1, 0.15) is 5.75 Å². The number of hydrogen-bond acceptors (Lipinski definition) is 4. The molecular formula is C30H36N2O5S. The Labute approximate surface area is 225 Å². The van der Waals surface area contributed by atoms with Crippen LogP contribution in [0, 0.1) is 11.3 Å². The van der Waals surface area contributed by atoms with E-state index in [-0.39, 0.29) is 28.8 Å². The highest BCUT2D eigenvalue weighted by Gasteiger charge is 2.44. The SMILES string of the molecule is COc1ccc(N(CC2CCCN(C(=O)O)C2C(C)(C)C)S(=O)(=O)c2ccccc2)c(-c2ccccc2)c1. The van der Waals surface area contributed by atoms with Gasteiger partial charge in [0, 0.05) is 24.7 Å². The molecule has 7 nitrogen and oxygen atoms in total. The van der Waals surface area contributed by atoms with Crippen LogP contribution in [0.3, 0.4) is 0 Å². The van der Waals surface area contributed by atoms with E-state index >= 15 is 0 Å². The molecule has 1 N–H and O–H groups in total. The molecule has 2 unspecified atom stereocenters. The largest absolute Gasteiger partial charge is 0.497 e. The van der Waals surface area contributed by atoms with E-state index in [1.165, 1.54) is 9.21 Å². The van der Waals surface area contributed by atoms with E-state index in [1.54, 1.807) is 49.6 Å². The molecule has 2 atom stereocenters. The van der Waals surface area contributed by atoms with Crippen LogP contribution in [0.25, 0.3) is 11.1 Å². The van der Waals surface area contributed by atoms with E-state index in [1.807, 2.05) is 57.2 Å². The predicted molar refractivity (Wildman–Crippen MR) is 150 cm³/mol. The molecule has 0 saturated carbocycles. The van der Waals surface area contributed by atoms with E-state index in [0.717, 1.165) is 17.5 Å². The Hall–Kier alpha value is -3.52. The van der Waals surface area contributed by atoms with Gasteiger partial charge < -0.3 is 14.7 Å². The summed E-state index contributed by atoms with van der Waals surface area (Å²) < 4.78 is 35.5. The van der Waals surface area contributed by atoms with Gasteiger partial charge in [-0.05, 0) is 60.1 Å². The molecule has 1 aliphatic rings. The van der Waals surface area contributed by atoms with Gasteiger partial charge in [0.05, 0.1) is 17.7 Å². The zero-order valence-electron chi connectivity index (χ0n) is 22.4. The number of amides is 1. The molecule has 0 radical (unpaired) electrons. The summed E-state index contributed by atoms with van der Waals surface area (Å²) in [6.07, 6.45) is 0.432. The highest BCUT2D eigenvalue weighted by Crippen LogP contribution is 2.41. The van der Waals surface area contributed by atoms with Crippen LogP contribution in [0.15, 0.2) is 83.8 Å². The zero-order valence-corrected chi connectivity index (χ0v) is 23.2. The molecule has 1 fully saturated rings. The third-order valence-electron chi connectivity index (χ3n) is 7.18. The second kappa shape index (κ2) is 11.1. The van der Waals surface area contributed by atoms with Crippen LogP contribution in [0.1, 0.15) is 33.6 Å². The Morgan fingerprint density at radius 1 is 1.03 bits per heavy atom. The molecule has 4 rings (SSSR count). The fourth-order valence-corrected chi connectivity index (χ4v) is 7.18. The highest BCUT2D eigenvalue weighted by molar-refractivity contribution is 7.92. The molecule has 1 saturated heterocycles. The van der Waals surface area contributed by atoms with Crippen molar-refractivity contribution in [2.75, 3.05) is 24.5 Å². The number of ether oxygens (including phenoxy) is 1. The van der Waals surface area contributed by atoms with Crippen LogP contribution in [-0.2, 0) is 10.0 Å². The normalized spacial score (nSPS) is 18.2. The standard InChI is InChI=1S/C30H36N2O5S/c1-30(2,3)28-23(14-11-19-31(28)29(33)34)21-32(38(35,36)25-15-9-6-10-16-25)27-18-17-24(37-4)20-26(27)22-12-7-5-8-13-22/h5-10,12-13,15-18,20,23,28H,11,14,19,21H2,1-4H3,(H,33,34). The van der Waals surface area contributed by atoms with E-state index < -0.39 is 16.1 Å². The van der Waals surface area contributed by atoms with Crippen molar-refractivity contribution in [3.8, 4) is 16.9 Å². The molecule has 8 heteroatoms. The maximum Gasteiger partial charge on any atom is 0.407 e. The van der Waals surface area contributed by atoms with Crippen molar-refractivity contribution in [1.82, 2.24) is 4.90 Å². The number of carbonyl (C=O) groups is 1. The first-order valence-corrected chi connectivity index (χ1v) is 14.3. The predicted octanol–water partition coefficient (Wildman–Crippen LogP) is 6.36. The number of methoxy groups -OCH3 is 1. The molecule has 1 amide bonds. The molecule has 1 heterocycles. The summed E-state index contributed by atoms with van der Waals surface area (Å²) in [5.41, 5.74) is 1.73. The first-order chi connectivity index (χ1) is 18.0. The summed E-state index contributed by atoms with van der Waals surface area (Å²) in [5.74, 6) is 0.413. The Kier molecular flexibility index (Phi) is 8.02. The van der Waals surface area contributed by atoms with Crippen LogP contribution in [0.4, 0.5) is 10.5 Å². The summed E-state index contributed by atoms with van der Waals surface area (Å²) in [5, 5.41) is 10.0. The average Bonchev–Trinajstić information content (AvgIpc) is 2.91. The fourth-order valence-electron chi connectivity index (χ4n) is 5.62. The summed E-state index contributed by atoms with van der Waals surface area (Å²) in [6.45, 7) is 6.65. The fraction of sp³-hybridized carbons (Fsp3) is 0.367. The van der Waals surface area contributed by atoms with Crippen LogP contribution < -0.4 is 9.04 Å². The molecule has 3 aromatic rings. The van der Waals surface area contributed by atoms with E-state index in [0.29, 0.717) is 24.4 Å². The van der Waals surface area contributed by atoms with Crippen LogP contribution in [-0.4, -0.2) is 50.8 Å². The second-order valence-corrected chi connectivity index (χ2v) is 12.6. The second-order valence-electron chi connectivity index (χ2n) is 10.8. The van der Waals surface area contributed by atoms with Crippen molar-refractivity contribution in [1.29, 1.82) is 0 Å². The number of hydrogen-bond donors (Lipinski definition) is 1. The molecule has 0 aliphatic carbocycles. The molecule has 0 spiro atoms. The highest BCUT2D eigenvalue weighted by atomic mass is 32.2. The minimum Gasteiger partial charge on any atom is -0.497 e. The molecule has 38 heavy (non-hydrogen) atoms. The van der Waals surface area contributed by atoms with Gasteiger partial charge in [0.25, 0.3) is 10.0 Å². The summed E-state index contributed by atoms with van der Waals surface area (Å²) in [4.78, 5) is 13.9. The first-order valence-electron chi connectivity index (χ1n) is 12.8. The Morgan fingerprint density at radius 2 is 1.66 bits per heavy atom. The number of rotatable bonds is 7. The topological polar surface area (TPSA) is 87.2 Å². The number of likely N-dealkylation sites (tertiary alicyclic amines) is 1. The van der Waals surface area contributed by atoms with E-state index in [9.17, 15) is 18.3 Å². The van der Waals surface area contributed by atoms with Gasteiger partial charge in [-0.25, -0.2) is 13.2 Å². The number of sulfonamides is 1. The van der Waals surface area contributed by atoms with Crippen molar-refractivity contribution in [3.05, 3.63) is 78.9 Å². The third kappa shape index (κ3) is 5.65. The Morgan fingerprint density at radius 3 is 2.24 bits per heavy atom. The van der Waals surface area contributed by atoms with E-state index in [4.69, 9.17) is 4.74 Å². The quantitative estimate of drug-likeness (QED) is 0.380. The van der Waals surface area contributed by atoms with Gasteiger partial charge in [-0.1, -0.05) is 69.3 Å². The van der Waals surface area contributed by atoms with Crippen LogP contribution >= 0.6 is 0 Å². The molecular weight excluding hydrogens is 500 g/mol. The summed E-state index contributed by atoms with van der Waals surface area (Å²) in [7, 11) is -2.40. The Bertz CT molecular complexity index is 1350. The maximum absolute atomic E-state index is 14.3. The lowest BCUT2D eigenvalue weighted by molar-refractivity contribution is 0.0261. The van der Waals surface area contributed by atoms with Crippen molar-refractivity contribution in [2.24, 2.45) is 11.3 Å². The molecule has 1 aliphatic heterocycles. The first kappa shape index (κ1) is 27.5. The van der Waals surface area contributed by atoms with Gasteiger partial charge in [-0.3, -0.25) is 4.31 Å². The number of carboxylic acid groups (broad SMARTS) is 1. The molecule has 3 aromatic carbocycles. The zero-order chi connectivity index (χ0) is 27.5. The van der Waals surface area contributed by atoms with Gasteiger partial charge in [0.2, 0.25) is 0 Å². The lowest BCUT2D eigenvalue weighted by Gasteiger charge is -2.48. The van der Waals surface area contributed by atoms with E-state index in [2.05, 4.69) is 0 Å². The monoisotopic (exact) mass is 536 g/mol. The van der Waals surface area contributed by atoms with Gasteiger partial charge >= 0.3 is 6.09 Å². The molecule has 202 valence electrons. The minimum absolute atomic E-state index is 0.148. The molecule has 0 aromatic heterocycles. The number of benzene rings is 3.